The fraction of sp³-hybridized carbons (Fsp3) is 0.462. The molecule has 0 saturated carbocycles. The van der Waals surface area contributed by atoms with Crippen LogP contribution in [0.15, 0.2) is 24.3 Å². The molecular weight excluding hydrogens is 232 g/mol. The summed E-state index contributed by atoms with van der Waals surface area (Å²) in [4.78, 5) is 13.0. The summed E-state index contributed by atoms with van der Waals surface area (Å²) in [6.07, 6.45) is -0.502. The summed E-state index contributed by atoms with van der Waals surface area (Å²) < 4.78 is 5.57. The molecule has 1 aromatic carbocycles. The Morgan fingerprint density at radius 3 is 3.06 bits per heavy atom. The summed E-state index contributed by atoms with van der Waals surface area (Å²) in [6, 6.07) is 7.33. The zero-order valence-corrected chi connectivity index (χ0v) is 10.4. The Hall–Kier alpha value is -1.75. The minimum Gasteiger partial charge on any atom is -0.492 e. The van der Waals surface area contributed by atoms with Crippen molar-refractivity contribution in [3.05, 3.63) is 29.8 Å². The average Bonchev–Trinajstić information content (AvgIpc) is 2.76. The van der Waals surface area contributed by atoms with E-state index in [9.17, 15) is 9.90 Å². The summed E-state index contributed by atoms with van der Waals surface area (Å²) in [7, 11) is 0. The highest BCUT2D eigenvalue weighted by Gasteiger charge is 2.18. The molecule has 5 heteroatoms. The lowest BCUT2D eigenvalue weighted by Crippen LogP contribution is -2.31. The first kappa shape index (κ1) is 12.7. The van der Waals surface area contributed by atoms with Gasteiger partial charge < -0.3 is 20.1 Å². The van der Waals surface area contributed by atoms with Crippen LogP contribution in [0.25, 0.3) is 0 Å². The molecule has 0 aliphatic carbocycles. The number of amides is 2. The molecule has 0 aromatic heterocycles. The Labute approximate surface area is 106 Å². The Balaban J connectivity index is 1.82. The fourth-order valence-corrected chi connectivity index (χ4v) is 1.86. The number of carbonyl (C=O) groups excluding carboxylic acids is 1. The van der Waals surface area contributed by atoms with Crippen molar-refractivity contribution in [1.82, 2.24) is 10.2 Å². The van der Waals surface area contributed by atoms with Crippen molar-refractivity contribution >= 4 is 6.03 Å². The molecule has 1 fully saturated rings. The second kappa shape index (κ2) is 5.73. The Bertz CT molecular complexity index is 420. The normalized spacial score (nSPS) is 16.6. The van der Waals surface area contributed by atoms with Gasteiger partial charge in [-0.2, -0.15) is 0 Å². The van der Waals surface area contributed by atoms with Crippen LogP contribution in [0.4, 0.5) is 4.79 Å². The number of urea groups is 1. The van der Waals surface area contributed by atoms with Gasteiger partial charge in [-0.3, -0.25) is 0 Å². The van der Waals surface area contributed by atoms with Crippen molar-refractivity contribution in [1.29, 1.82) is 0 Å². The first-order valence-corrected chi connectivity index (χ1v) is 6.10. The van der Waals surface area contributed by atoms with Crippen LogP contribution in [-0.2, 0) is 0 Å². The quantitative estimate of drug-likeness (QED) is 0.824. The van der Waals surface area contributed by atoms with Gasteiger partial charge >= 0.3 is 6.03 Å². The number of ether oxygens (including phenoxy) is 1. The van der Waals surface area contributed by atoms with Crippen molar-refractivity contribution in [3.63, 3.8) is 0 Å². The van der Waals surface area contributed by atoms with Crippen LogP contribution in [0, 0.1) is 0 Å². The van der Waals surface area contributed by atoms with E-state index in [1.54, 1.807) is 11.8 Å². The minimum absolute atomic E-state index is 0.0312. The standard InChI is InChI=1S/C13H18N2O3/c1-10(16)11-3-2-4-12(9-11)18-8-7-15-6-5-14-13(15)17/h2-4,9-10,16H,5-8H2,1H3,(H,14,17)/t10-/m0/s1. The fourth-order valence-electron chi connectivity index (χ4n) is 1.86. The number of benzene rings is 1. The Kier molecular flexibility index (Phi) is 4.04. The monoisotopic (exact) mass is 250 g/mol. The van der Waals surface area contributed by atoms with Gasteiger partial charge in [-0.25, -0.2) is 4.79 Å². The van der Waals surface area contributed by atoms with Gasteiger partial charge in [-0.15, -0.1) is 0 Å². The van der Waals surface area contributed by atoms with Crippen LogP contribution in [0.2, 0.25) is 0 Å². The van der Waals surface area contributed by atoms with Gasteiger partial charge in [-0.1, -0.05) is 12.1 Å². The predicted octanol–water partition coefficient (Wildman–Crippen LogP) is 1.14. The maximum Gasteiger partial charge on any atom is 0.317 e. The number of hydrogen-bond donors (Lipinski definition) is 2. The highest BCUT2D eigenvalue weighted by molar-refractivity contribution is 5.76. The first-order chi connectivity index (χ1) is 8.66. The van der Waals surface area contributed by atoms with E-state index in [0.29, 0.717) is 25.4 Å². The molecule has 1 saturated heterocycles. The van der Waals surface area contributed by atoms with Gasteiger partial charge in [-0.05, 0) is 24.6 Å². The van der Waals surface area contributed by atoms with E-state index in [2.05, 4.69) is 5.32 Å². The number of rotatable bonds is 5. The van der Waals surface area contributed by atoms with E-state index in [1.807, 2.05) is 24.3 Å². The molecule has 0 bridgehead atoms. The molecule has 0 radical (unpaired) electrons. The van der Waals surface area contributed by atoms with E-state index in [-0.39, 0.29) is 6.03 Å². The van der Waals surface area contributed by atoms with Gasteiger partial charge in [0.15, 0.2) is 0 Å². The molecule has 0 unspecified atom stereocenters. The zero-order chi connectivity index (χ0) is 13.0. The van der Waals surface area contributed by atoms with Crippen LogP contribution in [0.3, 0.4) is 0 Å². The lowest BCUT2D eigenvalue weighted by atomic mass is 10.1. The van der Waals surface area contributed by atoms with E-state index < -0.39 is 6.10 Å². The molecule has 18 heavy (non-hydrogen) atoms. The second-order valence-corrected chi connectivity index (χ2v) is 4.32. The van der Waals surface area contributed by atoms with E-state index in [0.717, 1.165) is 12.1 Å². The number of carbonyl (C=O) groups is 1. The molecule has 2 N–H and O–H groups in total. The summed E-state index contributed by atoms with van der Waals surface area (Å²) in [6.45, 7) is 4.18. The molecule has 1 aromatic rings. The molecule has 5 nitrogen and oxygen atoms in total. The van der Waals surface area contributed by atoms with Gasteiger partial charge in [0.1, 0.15) is 12.4 Å². The highest BCUT2D eigenvalue weighted by Crippen LogP contribution is 2.18. The Morgan fingerprint density at radius 1 is 1.56 bits per heavy atom. The number of aliphatic hydroxyl groups excluding tert-OH is 1. The number of nitrogens with zero attached hydrogens (tertiary/aromatic N) is 1. The van der Waals surface area contributed by atoms with Crippen LogP contribution in [0.1, 0.15) is 18.6 Å². The molecule has 1 aliphatic heterocycles. The molecule has 1 heterocycles. The van der Waals surface area contributed by atoms with Crippen LogP contribution in [0.5, 0.6) is 5.75 Å². The minimum atomic E-state index is -0.502. The lowest BCUT2D eigenvalue weighted by molar-refractivity contribution is 0.196. The molecule has 2 amide bonds. The molecule has 0 spiro atoms. The van der Waals surface area contributed by atoms with E-state index >= 15 is 0 Å². The van der Waals surface area contributed by atoms with Crippen molar-refractivity contribution in [2.45, 2.75) is 13.0 Å². The molecule has 1 atom stereocenters. The SMILES string of the molecule is C[C@H](O)c1cccc(OCCN2CCNC2=O)c1. The smallest absolute Gasteiger partial charge is 0.317 e. The number of hydrogen-bond acceptors (Lipinski definition) is 3. The molecule has 98 valence electrons. The number of aliphatic hydroxyl groups is 1. The topological polar surface area (TPSA) is 61.8 Å². The largest absolute Gasteiger partial charge is 0.492 e. The maximum atomic E-state index is 11.3. The first-order valence-electron chi connectivity index (χ1n) is 6.10. The van der Waals surface area contributed by atoms with Crippen molar-refractivity contribution in [2.75, 3.05) is 26.2 Å². The van der Waals surface area contributed by atoms with Crippen molar-refractivity contribution < 1.29 is 14.6 Å². The summed E-state index contributed by atoms with van der Waals surface area (Å²) in [5.74, 6) is 0.716. The summed E-state index contributed by atoms with van der Waals surface area (Å²) >= 11 is 0. The average molecular weight is 250 g/mol. The van der Waals surface area contributed by atoms with Crippen LogP contribution in [-0.4, -0.2) is 42.3 Å². The van der Waals surface area contributed by atoms with E-state index in [1.165, 1.54) is 0 Å². The molecule has 1 aliphatic rings. The molecular formula is C13H18N2O3. The predicted molar refractivity (Wildman–Crippen MR) is 67.5 cm³/mol. The van der Waals surface area contributed by atoms with Gasteiger partial charge in [0.05, 0.1) is 12.6 Å². The van der Waals surface area contributed by atoms with Gasteiger partial charge in [0.25, 0.3) is 0 Å². The van der Waals surface area contributed by atoms with E-state index in [4.69, 9.17) is 4.74 Å². The van der Waals surface area contributed by atoms with Crippen LogP contribution >= 0.6 is 0 Å². The van der Waals surface area contributed by atoms with Crippen LogP contribution < -0.4 is 10.1 Å². The van der Waals surface area contributed by atoms with Crippen molar-refractivity contribution in [3.8, 4) is 5.75 Å². The number of nitrogens with one attached hydrogen (secondary N) is 1. The third kappa shape index (κ3) is 3.13. The summed E-state index contributed by atoms with van der Waals surface area (Å²) in [5.41, 5.74) is 0.825. The Morgan fingerprint density at radius 2 is 2.39 bits per heavy atom. The third-order valence-corrected chi connectivity index (χ3v) is 2.92. The second-order valence-electron chi connectivity index (χ2n) is 4.32. The third-order valence-electron chi connectivity index (χ3n) is 2.92. The van der Waals surface area contributed by atoms with Crippen molar-refractivity contribution in [2.24, 2.45) is 0 Å². The van der Waals surface area contributed by atoms with Gasteiger partial charge in [0, 0.05) is 13.1 Å². The molecule has 2 rings (SSSR count). The summed E-state index contributed by atoms with van der Waals surface area (Å²) in [5, 5.41) is 12.2. The zero-order valence-electron chi connectivity index (χ0n) is 10.4. The highest BCUT2D eigenvalue weighted by atomic mass is 16.5. The lowest BCUT2D eigenvalue weighted by Gasteiger charge is -2.15. The maximum absolute atomic E-state index is 11.3. The van der Waals surface area contributed by atoms with Gasteiger partial charge in [0.2, 0.25) is 0 Å².